The summed E-state index contributed by atoms with van der Waals surface area (Å²) in [6.45, 7) is 0.646. The molecule has 2 aromatic carbocycles. The second-order valence-corrected chi connectivity index (χ2v) is 7.65. The molecule has 0 aliphatic carbocycles. The first-order valence-corrected chi connectivity index (χ1v) is 9.52. The van der Waals surface area contributed by atoms with Gasteiger partial charge in [0.2, 0.25) is 0 Å². The molecule has 1 aliphatic heterocycles. The first kappa shape index (κ1) is 21.0. The monoisotopic (exact) mass is 431 g/mol. The Labute approximate surface area is 170 Å². The third kappa shape index (κ3) is 4.45. The van der Waals surface area contributed by atoms with Crippen molar-refractivity contribution in [3.05, 3.63) is 69.2 Å². The molecule has 1 heterocycles. The third-order valence-electron chi connectivity index (χ3n) is 4.99. The van der Waals surface area contributed by atoms with Crippen molar-refractivity contribution >= 4 is 29.2 Å². The van der Waals surface area contributed by atoms with E-state index in [1.807, 2.05) is 0 Å². The normalized spacial score (nSPS) is 19.4. The molecule has 1 fully saturated rings. The summed E-state index contributed by atoms with van der Waals surface area (Å²) in [7, 11) is 0. The van der Waals surface area contributed by atoms with Gasteiger partial charge in [-0.2, -0.15) is 13.2 Å². The molecule has 2 aromatic rings. The first-order chi connectivity index (χ1) is 13.2. The van der Waals surface area contributed by atoms with Crippen molar-refractivity contribution in [2.45, 2.75) is 25.1 Å². The van der Waals surface area contributed by atoms with E-state index in [-0.39, 0.29) is 17.1 Å². The quantitative estimate of drug-likeness (QED) is 0.654. The lowest BCUT2D eigenvalue weighted by Gasteiger charge is -2.38. The van der Waals surface area contributed by atoms with Crippen LogP contribution in [0.1, 0.15) is 35.6 Å². The Kier molecular flexibility index (Phi) is 6.22. The van der Waals surface area contributed by atoms with Gasteiger partial charge in [0.05, 0.1) is 27.6 Å². The van der Waals surface area contributed by atoms with Gasteiger partial charge >= 0.3 is 12.1 Å². The lowest BCUT2D eigenvalue weighted by atomic mass is 9.89. The molecule has 8 heteroatoms. The maximum atomic E-state index is 13.7. The van der Waals surface area contributed by atoms with Crippen LogP contribution in [0.2, 0.25) is 10.0 Å². The van der Waals surface area contributed by atoms with Crippen molar-refractivity contribution in [2.24, 2.45) is 5.92 Å². The van der Waals surface area contributed by atoms with Crippen LogP contribution in [-0.4, -0.2) is 29.1 Å². The molecule has 0 spiro atoms. The number of carbonyl (C=O) groups is 1. The van der Waals surface area contributed by atoms with Crippen LogP contribution >= 0.6 is 23.2 Å². The van der Waals surface area contributed by atoms with Gasteiger partial charge in [-0.15, -0.1) is 0 Å². The summed E-state index contributed by atoms with van der Waals surface area (Å²) >= 11 is 12.1. The molecule has 1 N–H and O–H groups in total. The Bertz CT molecular complexity index is 873. The third-order valence-corrected chi connectivity index (χ3v) is 5.73. The zero-order valence-corrected chi connectivity index (χ0v) is 16.2. The molecule has 3 rings (SSSR count). The number of aliphatic carboxylic acids is 1. The second-order valence-electron chi connectivity index (χ2n) is 6.83. The van der Waals surface area contributed by atoms with Crippen LogP contribution in [0.3, 0.4) is 0 Å². The van der Waals surface area contributed by atoms with Gasteiger partial charge in [-0.3, -0.25) is 9.69 Å². The maximum Gasteiger partial charge on any atom is 0.416 e. The molecule has 28 heavy (non-hydrogen) atoms. The molecule has 0 aromatic heterocycles. The molecular formula is C20H18Cl2F3NO2. The lowest BCUT2D eigenvalue weighted by Crippen LogP contribution is -2.41. The molecule has 0 bridgehead atoms. The molecular weight excluding hydrogens is 414 g/mol. The van der Waals surface area contributed by atoms with Crippen molar-refractivity contribution < 1.29 is 23.1 Å². The summed E-state index contributed by atoms with van der Waals surface area (Å²) in [5.74, 6) is -1.57. The number of benzene rings is 2. The van der Waals surface area contributed by atoms with Crippen LogP contribution < -0.4 is 0 Å². The fraction of sp³-hybridized carbons (Fsp3) is 0.350. The van der Waals surface area contributed by atoms with Crippen LogP contribution in [0.15, 0.2) is 42.5 Å². The largest absolute Gasteiger partial charge is 0.481 e. The van der Waals surface area contributed by atoms with Crippen molar-refractivity contribution in [2.75, 3.05) is 13.1 Å². The highest BCUT2D eigenvalue weighted by Gasteiger charge is 2.38. The highest BCUT2D eigenvalue weighted by molar-refractivity contribution is 6.42. The molecule has 1 saturated heterocycles. The van der Waals surface area contributed by atoms with Crippen LogP contribution in [-0.2, 0) is 11.0 Å². The van der Waals surface area contributed by atoms with Gasteiger partial charge in [-0.1, -0.05) is 47.5 Å². The molecule has 0 radical (unpaired) electrons. The Hall–Kier alpha value is -1.76. The van der Waals surface area contributed by atoms with E-state index >= 15 is 0 Å². The number of likely N-dealkylation sites (tertiary alicyclic amines) is 1. The van der Waals surface area contributed by atoms with Crippen molar-refractivity contribution in [1.29, 1.82) is 0 Å². The molecule has 0 saturated carbocycles. The SMILES string of the molecule is O=C(O)C1CCCN(C(c2ccc(Cl)c(Cl)c2)c2ccccc2C(F)(F)F)C1. The minimum absolute atomic E-state index is 0.0689. The average Bonchev–Trinajstić information content (AvgIpc) is 2.65. The molecule has 2 unspecified atom stereocenters. The van der Waals surface area contributed by atoms with E-state index in [2.05, 4.69) is 0 Å². The molecule has 3 nitrogen and oxygen atoms in total. The number of carboxylic acid groups (broad SMARTS) is 1. The summed E-state index contributed by atoms with van der Waals surface area (Å²) in [6.07, 6.45) is -3.45. The van der Waals surface area contributed by atoms with Crippen LogP contribution in [0.25, 0.3) is 0 Å². The summed E-state index contributed by atoms with van der Waals surface area (Å²) in [4.78, 5) is 13.3. The Morgan fingerprint density at radius 1 is 1.14 bits per heavy atom. The highest BCUT2D eigenvalue weighted by Crippen LogP contribution is 2.41. The van der Waals surface area contributed by atoms with Crippen molar-refractivity contribution in [3.8, 4) is 0 Å². The van der Waals surface area contributed by atoms with E-state index < -0.39 is 29.7 Å². The lowest BCUT2D eigenvalue weighted by molar-refractivity contribution is -0.144. The first-order valence-electron chi connectivity index (χ1n) is 8.76. The minimum atomic E-state index is -4.53. The van der Waals surface area contributed by atoms with Crippen molar-refractivity contribution in [1.82, 2.24) is 4.90 Å². The van der Waals surface area contributed by atoms with E-state index in [0.29, 0.717) is 30.0 Å². The van der Waals surface area contributed by atoms with E-state index in [1.54, 1.807) is 29.2 Å². The fourth-order valence-electron chi connectivity index (χ4n) is 3.71. The number of alkyl halides is 3. The predicted octanol–water partition coefficient (Wildman–Crippen LogP) is 5.90. The zero-order chi connectivity index (χ0) is 20.5. The summed E-state index contributed by atoms with van der Waals surface area (Å²) in [5.41, 5.74) is -0.139. The van der Waals surface area contributed by atoms with E-state index in [4.69, 9.17) is 23.2 Å². The minimum Gasteiger partial charge on any atom is -0.481 e. The summed E-state index contributed by atoms with van der Waals surface area (Å²) in [5, 5.41) is 9.94. The van der Waals surface area contributed by atoms with Crippen molar-refractivity contribution in [3.63, 3.8) is 0 Å². The number of piperidine rings is 1. The van der Waals surface area contributed by atoms with Crippen LogP contribution in [0, 0.1) is 5.92 Å². The number of hydrogen-bond acceptors (Lipinski definition) is 2. The average molecular weight is 432 g/mol. The van der Waals surface area contributed by atoms with E-state index in [1.165, 1.54) is 12.1 Å². The Morgan fingerprint density at radius 3 is 2.50 bits per heavy atom. The fourth-order valence-corrected chi connectivity index (χ4v) is 4.01. The summed E-state index contributed by atoms with van der Waals surface area (Å²) in [6, 6.07) is 9.31. The number of hydrogen-bond donors (Lipinski definition) is 1. The number of rotatable bonds is 4. The van der Waals surface area contributed by atoms with Crippen LogP contribution in [0.5, 0.6) is 0 Å². The second kappa shape index (κ2) is 8.31. The molecule has 1 aliphatic rings. The van der Waals surface area contributed by atoms with Gasteiger partial charge in [0.15, 0.2) is 0 Å². The van der Waals surface area contributed by atoms with Gasteiger partial charge in [0.1, 0.15) is 0 Å². The maximum absolute atomic E-state index is 13.7. The van der Waals surface area contributed by atoms with Gasteiger partial charge in [0.25, 0.3) is 0 Å². The topological polar surface area (TPSA) is 40.5 Å². The Balaban J connectivity index is 2.13. The number of halogens is 5. The Morgan fingerprint density at radius 2 is 1.86 bits per heavy atom. The van der Waals surface area contributed by atoms with E-state index in [9.17, 15) is 23.1 Å². The number of carboxylic acids is 1. The van der Waals surface area contributed by atoms with Crippen LogP contribution in [0.4, 0.5) is 13.2 Å². The van der Waals surface area contributed by atoms with Gasteiger partial charge in [-0.25, -0.2) is 0 Å². The highest BCUT2D eigenvalue weighted by atomic mass is 35.5. The molecule has 2 atom stereocenters. The van der Waals surface area contributed by atoms with Gasteiger partial charge < -0.3 is 5.11 Å². The predicted molar refractivity (Wildman–Crippen MR) is 102 cm³/mol. The van der Waals surface area contributed by atoms with Gasteiger partial charge in [0, 0.05) is 6.54 Å². The summed E-state index contributed by atoms with van der Waals surface area (Å²) < 4.78 is 41.0. The molecule has 150 valence electrons. The van der Waals surface area contributed by atoms with E-state index in [0.717, 1.165) is 6.07 Å². The standard InChI is InChI=1S/C20H18Cl2F3NO2/c21-16-8-7-12(10-17(16)22)18(26-9-3-4-13(11-26)19(27)28)14-5-1-2-6-15(14)20(23,24)25/h1-2,5-8,10,13,18H,3-4,9,11H2,(H,27,28). The zero-order valence-electron chi connectivity index (χ0n) is 14.7. The van der Waals surface area contributed by atoms with Gasteiger partial charge in [-0.05, 0) is 48.7 Å². The number of nitrogens with zero attached hydrogens (tertiary/aromatic N) is 1. The molecule has 0 amide bonds. The smallest absolute Gasteiger partial charge is 0.416 e.